The first kappa shape index (κ1) is 6.57. The normalized spacial score (nSPS) is 17.2. The highest BCUT2D eigenvalue weighted by molar-refractivity contribution is 4.72. The number of ether oxygens (including phenoxy) is 1. The largest absolute Gasteiger partial charge is 0.373 e. The summed E-state index contributed by atoms with van der Waals surface area (Å²) in [6.45, 7) is 8.48. The van der Waals surface area contributed by atoms with Gasteiger partial charge in [-0.25, -0.2) is 6.57 Å². The molecule has 9 heavy (non-hydrogen) atoms. The second-order valence-corrected chi connectivity index (χ2v) is 2.40. The Bertz CT molecular complexity index is 113. The molecular weight excluding hydrogens is 114 g/mol. The zero-order chi connectivity index (χ0) is 6.53. The van der Waals surface area contributed by atoms with Crippen LogP contribution in [0.1, 0.15) is 12.8 Å². The molecule has 1 saturated carbocycles. The summed E-state index contributed by atoms with van der Waals surface area (Å²) >= 11 is 0. The van der Waals surface area contributed by atoms with Crippen molar-refractivity contribution < 1.29 is 4.74 Å². The van der Waals surface area contributed by atoms with Gasteiger partial charge in [0.05, 0.1) is 0 Å². The van der Waals surface area contributed by atoms with Crippen molar-refractivity contribution in [2.24, 2.45) is 5.92 Å². The molecule has 0 aromatic carbocycles. The Labute approximate surface area is 55.6 Å². The highest BCUT2D eigenvalue weighted by Crippen LogP contribution is 2.28. The van der Waals surface area contributed by atoms with E-state index in [1.807, 2.05) is 0 Å². The van der Waals surface area contributed by atoms with E-state index < -0.39 is 0 Å². The van der Waals surface area contributed by atoms with Crippen LogP contribution in [0.2, 0.25) is 0 Å². The molecule has 0 N–H and O–H groups in total. The minimum absolute atomic E-state index is 0.521. The van der Waals surface area contributed by atoms with E-state index in [2.05, 4.69) is 4.85 Å². The lowest BCUT2D eigenvalue weighted by Gasteiger charge is -1.94. The van der Waals surface area contributed by atoms with Crippen molar-refractivity contribution in [1.82, 2.24) is 0 Å². The Kier molecular flexibility index (Phi) is 2.53. The van der Waals surface area contributed by atoms with Gasteiger partial charge in [0.2, 0.25) is 6.54 Å². The second-order valence-electron chi connectivity index (χ2n) is 2.40. The molecule has 0 unspecified atom stereocenters. The van der Waals surface area contributed by atoms with E-state index in [0.717, 1.165) is 12.5 Å². The van der Waals surface area contributed by atoms with Crippen molar-refractivity contribution in [3.63, 3.8) is 0 Å². The smallest absolute Gasteiger partial charge is 0.237 e. The van der Waals surface area contributed by atoms with Gasteiger partial charge in [-0.15, -0.1) is 0 Å². The molecule has 0 bridgehead atoms. The Morgan fingerprint density at radius 1 is 1.56 bits per heavy atom. The van der Waals surface area contributed by atoms with Crippen LogP contribution in [0.25, 0.3) is 4.85 Å². The van der Waals surface area contributed by atoms with Gasteiger partial charge in [-0.2, -0.15) is 0 Å². The topological polar surface area (TPSA) is 13.6 Å². The standard InChI is InChI=1S/C7H11NO/c1-8-4-5-9-6-7-2-3-7/h7H,2-6H2. The zero-order valence-electron chi connectivity index (χ0n) is 5.47. The van der Waals surface area contributed by atoms with Gasteiger partial charge in [0.1, 0.15) is 6.61 Å². The Hall–Kier alpha value is -0.550. The quantitative estimate of drug-likeness (QED) is 0.408. The lowest BCUT2D eigenvalue weighted by molar-refractivity contribution is 0.135. The van der Waals surface area contributed by atoms with E-state index in [-0.39, 0.29) is 0 Å². The van der Waals surface area contributed by atoms with Crippen LogP contribution in [-0.2, 0) is 4.74 Å². The molecule has 1 aliphatic rings. The highest BCUT2D eigenvalue weighted by Gasteiger charge is 2.20. The summed E-state index contributed by atoms with van der Waals surface area (Å²) in [5.74, 6) is 0.829. The maximum Gasteiger partial charge on any atom is 0.237 e. The number of nitrogens with zero attached hydrogens (tertiary/aromatic N) is 1. The van der Waals surface area contributed by atoms with Gasteiger partial charge in [0.25, 0.3) is 0 Å². The highest BCUT2D eigenvalue weighted by atomic mass is 16.5. The molecule has 2 nitrogen and oxygen atoms in total. The van der Waals surface area contributed by atoms with Gasteiger partial charge in [-0.05, 0) is 18.8 Å². The van der Waals surface area contributed by atoms with Crippen molar-refractivity contribution >= 4 is 0 Å². The molecule has 0 amide bonds. The summed E-state index contributed by atoms with van der Waals surface area (Å²) < 4.78 is 5.18. The Morgan fingerprint density at radius 3 is 2.89 bits per heavy atom. The number of hydrogen-bond donors (Lipinski definition) is 0. The van der Waals surface area contributed by atoms with Crippen LogP contribution in [-0.4, -0.2) is 19.8 Å². The van der Waals surface area contributed by atoms with Gasteiger partial charge in [-0.1, -0.05) is 0 Å². The lowest BCUT2D eigenvalue weighted by atomic mass is 10.5. The van der Waals surface area contributed by atoms with E-state index >= 15 is 0 Å². The van der Waals surface area contributed by atoms with E-state index in [9.17, 15) is 0 Å². The average molecular weight is 125 g/mol. The maximum atomic E-state index is 6.45. The zero-order valence-corrected chi connectivity index (χ0v) is 5.47. The van der Waals surface area contributed by atoms with Gasteiger partial charge >= 0.3 is 0 Å². The molecule has 0 spiro atoms. The lowest BCUT2D eigenvalue weighted by Crippen LogP contribution is -1.99. The average Bonchev–Trinajstić information content (AvgIpc) is 2.63. The molecule has 1 rings (SSSR count). The molecule has 0 atom stereocenters. The fraction of sp³-hybridized carbons (Fsp3) is 0.857. The summed E-state index contributed by atoms with van der Waals surface area (Å²) in [7, 11) is 0. The summed E-state index contributed by atoms with van der Waals surface area (Å²) in [5.41, 5.74) is 0. The van der Waals surface area contributed by atoms with Crippen LogP contribution < -0.4 is 0 Å². The Balaban J connectivity index is 1.77. The molecular formula is C7H11NO. The van der Waals surface area contributed by atoms with Crippen molar-refractivity contribution in [1.29, 1.82) is 0 Å². The van der Waals surface area contributed by atoms with E-state index in [4.69, 9.17) is 11.3 Å². The van der Waals surface area contributed by atoms with E-state index in [0.29, 0.717) is 13.2 Å². The van der Waals surface area contributed by atoms with Gasteiger partial charge < -0.3 is 9.58 Å². The van der Waals surface area contributed by atoms with Crippen LogP contribution in [0.3, 0.4) is 0 Å². The predicted octanol–water partition coefficient (Wildman–Crippen LogP) is 1.33. The molecule has 2 heteroatoms. The molecule has 0 saturated heterocycles. The minimum Gasteiger partial charge on any atom is -0.373 e. The molecule has 0 heterocycles. The monoisotopic (exact) mass is 125 g/mol. The molecule has 0 aromatic rings. The first-order chi connectivity index (χ1) is 4.43. The number of hydrogen-bond acceptors (Lipinski definition) is 1. The summed E-state index contributed by atoms with van der Waals surface area (Å²) in [6.07, 6.45) is 2.66. The van der Waals surface area contributed by atoms with Gasteiger partial charge in [-0.3, -0.25) is 0 Å². The fourth-order valence-electron chi connectivity index (χ4n) is 0.645. The molecule has 1 fully saturated rings. The SMILES string of the molecule is [C-]#[N+]CCOCC1CC1. The van der Waals surface area contributed by atoms with Crippen LogP contribution in [0.5, 0.6) is 0 Å². The molecule has 0 radical (unpaired) electrons. The van der Waals surface area contributed by atoms with Gasteiger partial charge in [0.15, 0.2) is 0 Å². The van der Waals surface area contributed by atoms with E-state index in [1.54, 1.807) is 0 Å². The first-order valence-corrected chi connectivity index (χ1v) is 3.34. The van der Waals surface area contributed by atoms with E-state index in [1.165, 1.54) is 12.8 Å². The van der Waals surface area contributed by atoms with Crippen LogP contribution in [0.15, 0.2) is 0 Å². The number of rotatable bonds is 4. The summed E-state index contributed by atoms with van der Waals surface area (Å²) in [6, 6.07) is 0. The van der Waals surface area contributed by atoms with Gasteiger partial charge in [0, 0.05) is 6.61 Å². The molecule has 1 aliphatic carbocycles. The van der Waals surface area contributed by atoms with Crippen molar-refractivity contribution in [2.45, 2.75) is 12.8 Å². The third-order valence-electron chi connectivity index (χ3n) is 1.40. The molecule has 50 valence electrons. The van der Waals surface area contributed by atoms with Crippen LogP contribution in [0.4, 0.5) is 0 Å². The molecule has 0 aromatic heterocycles. The van der Waals surface area contributed by atoms with Crippen LogP contribution in [0, 0.1) is 12.5 Å². The first-order valence-electron chi connectivity index (χ1n) is 3.34. The summed E-state index contributed by atoms with van der Waals surface area (Å²) in [4.78, 5) is 3.18. The van der Waals surface area contributed by atoms with Crippen molar-refractivity contribution in [2.75, 3.05) is 19.8 Å². The second kappa shape index (κ2) is 3.47. The van der Waals surface area contributed by atoms with Crippen molar-refractivity contribution in [3.05, 3.63) is 11.4 Å². The Morgan fingerprint density at radius 2 is 2.33 bits per heavy atom. The molecule has 0 aliphatic heterocycles. The third-order valence-corrected chi connectivity index (χ3v) is 1.40. The summed E-state index contributed by atoms with van der Waals surface area (Å²) in [5, 5.41) is 0. The fourth-order valence-corrected chi connectivity index (χ4v) is 0.645. The third kappa shape index (κ3) is 3.10. The maximum absolute atomic E-state index is 6.45. The predicted molar refractivity (Wildman–Crippen MR) is 35.0 cm³/mol. The minimum atomic E-state index is 0.521. The van der Waals surface area contributed by atoms with Crippen molar-refractivity contribution in [3.8, 4) is 0 Å². The van der Waals surface area contributed by atoms with Crippen LogP contribution >= 0.6 is 0 Å².